The topological polar surface area (TPSA) is 153 Å². The van der Waals surface area contributed by atoms with Gasteiger partial charge in [0.25, 0.3) is 0 Å². The molecule has 2 heterocycles. The van der Waals surface area contributed by atoms with Crippen molar-refractivity contribution in [2.75, 3.05) is 18.1 Å². The molecule has 146 valence electrons. The van der Waals surface area contributed by atoms with Crippen LogP contribution in [0.15, 0.2) is 0 Å². The third-order valence-corrected chi connectivity index (χ3v) is 6.37. The van der Waals surface area contributed by atoms with Gasteiger partial charge >= 0.3 is 17.8 Å². The molecule has 4 N–H and O–H groups in total. The fourth-order valence-corrected chi connectivity index (χ4v) is 4.51. The van der Waals surface area contributed by atoms with Crippen molar-refractivity contribution in [3.63, 3.8) is 0 Å². The van der Waals surface area contributed by atoms with E-state index >= 15 is 0 Å². The van der Waals surface area contributed by atoms with Crippen LogP contribution in [0.5, 0.6) is 0 Å². The minimum atomic E-state index is -1.62. The molecule has 5 atom stereocenters. The first-order valence-electron chi connectivity index (χ1n) is 8.31. The summed E-state index contributed by atoms with van der Waals surface area (Å²) in [4.78, 5) is 46.6. The van der Waals surface area contributed by atoms with Crippen molar-refractivity contribution < 1.29 is 40.6 Å². The van der Waals surface area contributed by atoms with Crippen molar-refractivity contribution in [3.8, 4) is 0 Å². The first-order valence-corrected chi connectivity index (χ1v) is 10.3. The van der Waals surface area contributed by atoms with Gasteiger partial charge in [-0.15, -0.1) is 0 Å². The van der Waals surface area contributed by atoms with E-state index < -0.39 is 61.2 Å². The number of amides is 2. The first kappa shape index (κ1) is 19.4. The number of esters is 1. The summed E-state index contributed by atoms with van der Waals surface area (Å²) in [6.45, 7) is -0.438. The van der Waals surface area contributed by atoms with Crippen molar-refractivity contribution in [2.45, 2.75) is 43.4 Å². The summed E-state index contributed by atoms with van der Waals surface area (Å²) in [5.41, 5.74) is 0. The van der Waals surface area contributed by atoms with Gasteiger partial charge in [-0.1, -0.05) is 21.6 Å². The molecule has 2 amide bonds. The third kappa shape index (κ3) is 4.68. The van der Waals surface area contributed by atoms with Gasteiger partial charge in [0.2, 0.25) is 0 Å². The number of nitrogens with zero attached hydrogens (tertiary/aromatic N) is 1. The minimum absolute atomic E-state index is 0.0367. The number of aldehydes is 1. The first-order chi connectivity index (χ1) is 12.7. The summed E-state index contributed by atoms with van der Waals surface area (Å²) in [6.07, 6.45) is -6.45. The Kier molecular flexibility index (Phi) is 7.14. The average Bonchev–Trinajstić information content (AvgIpc) is 2.91. The highest BCUT2D eigenvalue weighted by Gasteiger charge is 2.55. The number of fused-ring (bicyclic) bond motifs is 1. The van der Waals surface area contributed by atoms with Gasteiger partial charge in [-0.2, -0.15) is 0 Å². The van der Waals surface area contributed by atoms with Gasteiger partial charge < -0.3 is 35.1 Å². The number of hydrogen-bond acceptors (Lipinski definition) is 10. The number of aliphatic hydroxyl groups excluding tert-OH is 3. The maximum Gasteiger partial charge on any atom is 0.314 e. The van der Waals surface area contributed by atoms with Crippen LogP contribution in [-0.2, 0) is 23.9 Å². The summed E-state index contributed by atoms with van der Waals surface area (Å²) in [5, 5.41) is 32.1. The summed E-state index contributed by atoms with van der Waals surface area (Å²) >= 11 is 0. The number of piperidine rings is 1. The smallest absolute Gasteiger partial charge is 0.314 e. The Morgan fingerprint density at radius 3 is 2.62 bits per heavy atom. The number of nitrogens with one attached hydrogen (secondary N) is 1. The normalized spacial score (nSPS) is 31.3. The molecule has 2 aliphatic rings. The summed E-state index contributed by atoms with van der Waals surface area (Å²) in [5.74, 6) is -1.70. The molecular weight excluding hydrogens is 388 g/mol. The van der Waals surface area contributed by atoms with Gasteiger partial charge in [0.15, 0.2) is 0 Å². The Morgan fingerprint density at radius 2 is 1.92 bits per heavy atom. The summed E-state index contributed by atoms with van der Waals surface area (Å²) < 4.78 is 11.8. The molecule has 26 heavy (non-hydrogen) atoms. The maximum atomic E-state index is 11.9. The lowest BCUT2D eigenvalue weighted by atomic mass is 9.92. The summed E-state index contributed by atoms with van der Waals surface area (Å²) in [7, 11) is 2.69. The molecule has 0 spiro atoms. The van der Waals surface area contributed by atoms with E-state index in [9.17, 15) is 34.5 Å². The fourth-order valence-electron chi connectivity index (χ4n) is 2.65. The van der Waals surface area contributed by atoms with Crippen LogP contribution in [0.3, 0.4) is 0 Å². The molecule has 0 saturated carbocycles. The predicted octanol–water partition coefficient (Wildman–Crippen LogP) is -2.36. The van der Waals surface area contributed by atoms with Crippen LogP contribution < -0.4 is 5.32 Å². The molecule has 0 aromatic carbocycles. The van der Waals surface area contributed by atoms with Crippen LogP contribution in [0.25, 0.3) is 0 Å². The third-order valence-electron chi connectivity index (χ3n) is 3.96. The molecule has 2 fully saturated rings. The van der Waals surface area contributed by atoms with Crippen LogP contribution in [0.1, 0.15) is 14.2 Å². The molecule has 2 aliphatic heterocycles. The van der Waals surface area contributed by atoms with E-state index in [0.29, 0.717) is 11.5 Å². The number of ether oxygens (including phenoxy) is 1. The zero-order chi connectivity index (χ0) is 20.1. The fraction of sp³-hybridized carbons (Fsp3) is 0.714. The molecule has 0 unspecified atom stereocenters. The zero-order valence-electron chi connectivity index (χ0n) is 14.6. The Hall–Kier alpha value is -1.34. The molecule has 0 aromatic rings. The van der Waals surface area contributed by atoms with Crippen molar-refractivity contribution in [3.05, 3.63) is 0 Å². The maximum absolute atomic E-state index is 11.9. The van der Waals surface area contributed by atoms with E-state index in [4.69, 9.17) is 6.11 Å². The Bertz CT molecular complexity index is 610. The number of carbonyl (C=O) groups is 4. The highest BCUT2D eigenvalue weighted by molar-refractivity contribution is 8.76. The highest BCUT2D eigenvalue weighted by atomic mass is 33.1. The second-order valence-corrected chi connectivity index (χ2v) is 8.34. The standard InChI is InChI=1S/C14H20N2O8S2/c17-3-1-4-25-26-5-2-8(18)24-6-7-9(19)10(20)11(21)12-15-13(22)14(23)16(7)12/h3,7,9-12,19-21H,1-2,4-6H2,(H,15,22)/t7-,9-,10+,11+,12+/m1/s1/i3T. The molecular formula is C14H20N2O8S2. The quantitative estimate of drug-likeness (QED) is 0.107. The summed E-state index contributed by atoms with van der Waals surface area (Å²) in [6, 6.07) is -1.17. The van der Waals surface area contributed by atoms with Gasteiger partial charge in [-0.25, -0.2) is 0 Å². The van der Waals surface area contributed by atoms with Gasteiger partial charge in [-0.3, -0.25) is 14.4 Å². The Balaban J connectivity index is 1.81. The van der Waals surface area contributed by atoms with Gasteiger partial charge in [-0.05, 0) is 0 Å². The average molecular weight is 410 g/mol. The molecule has 0 aliphatic carbocycles. The van der Waals surface area contributed by atoms with Crippen LogP contribution in [0, 0.1) is 0 Å². The Labute approximate surface area is 158 Å². The number of carbonyl (C=O) groups excluding carboxylic acids is 4. The van der Waals surface area contributed by atoms with Crippen LogP contribution >= 0.6 is 21.6 Å². The molecule has 0 bridgehead atoms. The van der Waals surface area contributed by atoms with E-state index in [-0.39, 0.29) is 12.8 Å². The van der Waals surface area contributed by atoms with Crippen molar-refractivity contribution in [1.82, 2.24) is 10.2 Å². The van der Waals surface area contributed by atoms with E-state index in [2.05, 4.69) is 5.32 Å². The lowest BCUT2D eigenvalue weighted by molar-refractivity contribution is -0.181. The van der Waals surface area contributed by atoms with Crippen LogP contribution in [-0.4, -0.2) is 92.9 Å². The van der Waals surface area contributed by atoms with Crippen molar-refractivity contribution in [1.29, 1.82) is 0 Å². The van der Waals surface area contributed by atoms with E-state index in [1.54, 1.807) is 0 Å². The minimum Gasteiger partial charge on any atom is -0.463 e. The SMILES string of the molecule is [3H]C(=O)CCSSCCC(=O)OC[C@@H]1[C@@H](O)[C@H](O)[C@H](O)[C@H]2NC(=O)C(=O)N12. The molecule has 0 radical (unpaired) electrons. The molecule has 0 aromatic heterocycles. The highest BCUT2D eigenvalue weighted by Crippen LogP contribution is 2.27. The van der Waals surface area contributed by atoms with Crippen molar-refractivity contribution >= 4 is 45.6 Å². The van der Waals surface area contributed by atoms with Gasteiger partial charge in [0.1, 0.15) is 38.7 Å². The second kappa shape index (κ2) is 9.55. The van der Waals surface area contributed by atoms with Crippen LogP contribution in [0.2, 0.25) is 0 Å². The molecule has 10 nitrogen and oxygen atoms in total. The van der Waals surface area contributed by atoms with Gasteiger partial charge in [0, 0.05) is 17.9 Å². The monoisotopic (exact) mass is 410 g/mol. The van der Waals surface area contributed by atoms with E-state index in [1.165, 1.54) is 21.6 Å². The largest absolute Gasteiger partial charge is 0.463 e. The van der Waals surface area contributed by atoms with E-state index in [1.807, 2.05) is 0 Å². The number of hydrogen-bond donors (Lipinski definition) is 4. The predicted molar refractivity (Wildman–Crippen MR) is 91.8 cm³/mol. The Morgan fingerprint density at radius 1 is 1.23 bits per heavy atom. The van der Waals surface area contributed by atoms with Crippen molar-refractivity contribution in [2.24, 2.45) is 0 Å². The van der Waals surface area contributed by atoms with Gasteiger partial charge in [0.05, 0.1) is 12.5 Å². The number of aliphatic hydroxyl groups is 3. The lowest BCUT2D eigenvalue weighted by Crippen LogP contribution is -2.68. The lowest BCUT2D eigenvalue weighted by Gasteiger charge is -2.44. The molecule has 2 saturated heterocycles. The number of rotatable bonds is 9. The molecule has 2 rings (SSSR count). The zero-order valence-corrected chi connectivity index (χ0v) is 15.2. The van der Waals surface area contributed by atoms with E-state index in [0.717, 1.165) is 4.90 Å². The van der Waals surface area contributed by atoms with Crippen LogP contribution in [0.4, 0.5) is 0 Å². The second-order valence-electron chi connectivity index (χ2n) is 5.64. The molecule has 12 heteroatoms.